The first-order valence-electron chi connectivity index (χ1n) is 3.69. The summed E-state index contributed by atoms with van der Waals surface area (Å²) in [6, 6.07) is 0. The Bertz CT molecular complexity index is 184. The normalized spacial score (nSPS) is 13.3. The minimum absolute atomic E-state index is 0.734. The molecule has 1 aromatic rings. The third-order valence-electron chi connectivity index (χ3n) is 1.69. The van der Waals surface area contributed by atoms with E-state index >= 15 is 0 Å². The molecular formula is C7H11BrN2S. The van der Waals surface area contributed by atoms with Gasteiger partial charge < -0.3 is 0 Å². The Morgan fingerprint density at radius 3 is 3.00 bits per heavy atom. The quantitative estimate of drug-likeness (QED) is 0.749. The van der Waals surface area contributed by atoms with Gasteiger partial charge in [-0.05, 0) is 23.9 Å². The number of hydrogen-bond acceptors (Lipinski definition) is 3. The van der Waals surface area contributed by atoms with E-state index in [1.807, 2.05) is 6.20 Å². The Morgan fingerprint density at radius 1 is 1.73 bits per heavy atom. The van der Waals surface area contributed by atoms with Crippen molar-refractivity contribution in [1.82, 2.24) is 9.59 Å². The first kappa shape index (κ1) is 9.13. The van der Waals surface area contributed by atoms with Crippen molar-refractivity contribution in [3.05, 3.63) is 11.1 Å². The highest BCUT2D eigenvalue weighted by Gasteiger charge is 2.06. The second-order valence-electron chi connectivity index (χ2n) is 2.52. The molecule has 1 atom stereocenters. The molecule has 1 rings (SSSR count). The van der Waals surface area contributed by atoms with Gasteiger partial charge in [-0.2, -0.15) is 0 Å². The summed E-state index contributed by atoms with van der Waals surface area (Å²) in [5.74, 6) is 0.734. The lowest BCUT2D eigenvalue weighted by molar-refractivity contribution is 0.578. The first-order chi connectivity index (χ1) is 5.36. The van der Waals surface area contributed by atoms with E-state index in [-0.39, 0.29) is 0 Å². The van der Waals surface area contributed by atoms with Crippen molar-refractivity contribution in [3.63, 3.8) is 0 Å². The molecular weight excluding hydrogens is 224 g/mol. The molecule has 0 radical (unpaired) electrons. The van der Waals surface area contributed by atoms with Crippen LogP contribution >= 0.6 is 27.5 Å². The van der Waals surface area contributed by atoms with Gasteiger partial charge in [0.25, 0.3) is 0 Å². The van der Waals surface area contributed by atoms with Gasteiger partial charge in [0.05, 0.1) is 6.20 Å². The number of alkyl halides is 1. The number of halogens is 1. The molecule has 0 aromatic carbocycles. The van der Waals surface area contributed by atoms with Crippen LogP contribution in [-0.2, 0) is 6.42 Å². The van der Waals surface area contributed by atoms with Crippen LogP contribution in [0.3, 0.4) is 0 Å². The van der Waals surface area contributed by atoms with Gasteiger partial charge in [-0.25, -0.2) is 0 Å². The average molecular weight is 235 g/mol. The highest BCUT2D eigenvalue weighted by atomic mass is 79.9. The van der Waals surface area contributed by atoms with E-state index in [0.717, 1.165) is 17.7 Å². The van der Waals surface area contributed by atoms with Crippen LogP contribution in [0.5, 0.6) is 0 Å². The van der Waals surface area contributed by atoms with Crippen molar-refractivity contribution < 1.29 is 0 Å². The molecule has 1 heterocycles. The van der Waals surface area contributed by atoms with Crippen LogP contribution in [0, 0.1) is 5.92 Å². The van der Waals surface area contributed by atoms with E-state index in [1.165, 1.54) is 22.8 Å². The molecule has 0 saturated carbocycles. The number of hydrogen-bond donors (Lipinski definition) is 0. The topological polar surface area (TPSA) is 25.8 Å². The van der Waals surface area contributed by atoms with Crippen LogP contribution in [0.15, 0.2) is 6.20 Å². The van der Waals surface area contributed by atoms with Crippen molar-refractivity contribution in [2.24, 2.45) is 5.92 Å². The second-order valence-corrected chi connectivity index (χ2v) is 4.03. The molecule has 0 aliphatic rings. The Morgan fingerprint density at radius 2 is 2.55 bits per heavy atom. The van der Waals surface area contributed by atoms with Gasteiger partial charge in [0.15, 0.2) is 0 Å². The van der Waals surface area contributed by atoms with Crippen molar-refractivity contribution in [1.29, 1.82) is 0 Å². The summed E-state index contributed by atoms with van der Waals surface area (Å²) in [6.45, 7) is 2.21. The minimum atomic E-state index is 0.734. The molecule has 0 N–H and O–H groups in total. The van der Waals surface area contributed by atoms with E-state index in [0.29, 0.717) is 0 Å². The monoisotopic (exact) mass is 234 g/mol. The molecule has 0 bridgehead atoms. The SMILES string of the molecule is CCC(CBr)Cc1cnns1. The molecule has 0 aliphatic heterocycles. The third kappa shape index (κ3) is 2.87. The minimum Gasteiger partial charge on any atom is -0.146 e. The lowest BCUT2D eigenvalue weighted by atomic mass is 10.1. The maximum atomic E-state index is 3.82. The fourth-order valence-corrected chi connectivity index (χ4v) is 2.16. The van der Waals surface area contributed by atoms with Crippen molar-refractivity contribution >= 4 is 27.5 Å². The molecule has 1 aromatic heterocycles. The Balaban J connectivity index is 2.41. The molecule has 62 valence electrons. The zero-order chi connectivity index (χ0) is 8.10. The zero-order valence-electron chi connectivity index (χ0n) is 6.46. The van der Waals surface area contributed by atoms with E-state index in [9.17, 15) is 0 Å². The van der Waals surface area contributed by atoms with Gasteiger partial charge in [0.1, 0.15) is 0 Å². The van der Waals surface area contributed by atoms with Crippen molar-refractivity contribution in [2.75, 3.05) is 5.33 Å². The lowest BCUT2D eigenvalue weighted by Gasteiger charge is -2.07. The van der Waals surface area contributed by atoms with E-state index in [1.54, 1.807) is 0 Å². The Hall–Kier alpha value is 0.0400. The summed E-state index contributed by atoms with van der Waals surface area (Å²) < 4.78 is 3.82. The molecule has 0 spiro atoms. The van der Waals surface area contributed by atoms with E-state index in [4.69, 9.17) is 0 Å². The summed E-state index contributed by atoms with van der Waals surface area (Å²) in [6.07, 6.45) is 4.18. The predicted octanol–water partition coefficient (Wildman–Crippen LogP) is 2.50. The Kier molecular flexibility index (Phi) is 4.01. The fourth-order valence-electron chi connectivity index (χ4n) is 0.870. The molecule has 0 amide bonds. The van der Waals surface area contributed by atoms with Crippen LogP contribution in [-0.4, -0.2) is 14.9 Å². The lowest BCUT2D eigenvalue weighted by Crippen LogP contribution is -2.02. The second kappa shape index (κ2) is 4.83. The molecule has 1 unspecified atom stereocenters. The maximum Gasteiger partial charge on any atom is 0.0653 e. The predicted molar refractivity (Wildman–Crippen MR) is 51.2 cm³/mol. The molecule has 2 nitrogen and oxygen atoms in total. The summed E-state index contributed by atoms with van der Waals surface area (Å²) >= 11 is 4.99. The van der Waals surface area contributed by atoms with E-state index < -0.39 is 0 Å². The van der Waals surface area contributed by atoms with Crippen LogP contribution < -0.4 is 0 Å². The Labute approximate surface area is 79.3 Å². The largest absolute Gasteiger partial charge is 0.146 e. The van der Waals surface area contributed by atoms with Gasteiger partial charge in [-0.3, -0.25) is 0 Å². The molecule has 0 fully saturated rings. The standard InChI is InChI=1S/C7H11BrN2S/c1-2-6(4-8)3-7-5-9-10-11-7/h5-6H,2-4H2,1H3. The molecule has 0 aliphatic carbocycles. The van der Waals surface area contributed by atoms with Crippen molar-refractivity contribution in [2.45, 2.75) is 19.8 Å². The fraction of sp³-hybridized carbons (Fsp3) is 0.714. The maximum absolute atomic E-state index is 3.82. The summed E-state index contributed by atoms with van der Waals surface area (Å²) in [5, 5.41) is 4.87. The van der Waals surface area contributed by atoms with Crippen LogP contribution in [0.2, 0.25) is 0 Å². The van der Waals surface area contributed by atoms with Crippen LogP contribution in [0.1, 0.15) is 18.2 Å². The zero-order valence-corrected chi connectivity index (χ0v) is 8.86. The number of rotatable bonds is 4. The average Bonchev–Trinajstić information content (AvgIpc) is 2.52. The smallest absolute Gasteiger partial charge is 0.0653 e. The van der Waals surface area contributed by atoms with E-state index in [2.05, 4.69) is 32.4 Å². The summed E-state index contributed by atoms with van der Waals surface area (Å²) in [5.41, 5.74) is 0. The molecule has 0 saturated heterocycles. The summed E-state index contributed by atoms with van der Waals surface area (Å²) in [7, 11) is 0. The third-order valence-corrected chi connectivity index (χ3v) is 3.29. The van der Waals surface area contributed by atoms with Gasteiger partial charge in [-0.15, -0.1) is 5.10 Å². The number of nitrogens with zero attached hydrogens (tertiary/aromatic N) is 2. The van der Waals surface area contributed by atoms with Gasteiger partial charge in [0.2, 0.25) is 0 Å². The summed E-state index contributed by atoms with van der Waals surface area (Å²) in [4.78, 5) is 1.29. The van der Waals surface area contributed by atoms with Gasteiger partial charge in [-0.1, -0.05) is 33.8 Å². The van der Waals surface area contributed by atoms with Crippen LogP contribution in [0.25, 0.3) is 0 Å². The van der Waals surface area contributed by atoms with Crippen molar-refractivity contribution in [3.8, 4) is 0 Å². The van der Waals surface area contributed by atoms with Gasteiger partial charge >= 0.3 is 0 Å². The molecule has 11 heavy (non-hydrogen) atoms. The highest BCUT2D eigenvalue weighted by Crippen LogP contribution is 2.15. The number of aromatic nitrogens is 2. The van der Waals surface area contributed by atoms with Gasteiger partial charge in [0, 0.05) is 10.2 Å². The molecule has 4 heteroatoms. The highest BCUT2D eigenvalue weighted by molar-refractivity contribution is 9.09. The first-order valence-corrected chi connectivity index (χ1v) is 5.58. The van der Waals surface area contributed by atoms with Crippen LogP contribution in [0.4, 0.5) is 0 Å².